The van der Waals surface area contributed by atoms with E-state index < -0.39 is 5.97 Å². The van der Waals surface area contributed by atoms with E-state index in [-0.39, 0.29) is 28.9 Å². The first-order valence-corrected chi connectivity index (χ1v) is 12.3. The van der Waals surface area contributed by atoms with Crippen LogP contribution in [-0.4, -0.2) is 35.4 Å². The highest BCUT2D eigenvalue weighted by Crippen LogP contribution is 2.51. The average Bonchev–Trinajstić information content (AvgIpc) is 3.50. The highest BCUT2D eigenvalue weighted by atomic mass is 16.5. The number of fused-ring (bicyclic) bond motifs is 2. The van der Waals surface area contributed by atoms with Gasteiger partial charge >= 0.3 is 5.97 Å². The summed E-state index contributed by atoms with van der Waals surface area (Å²) in [6, 6.07) is 10.3. The number of anilines is 1. The van der Waals surface area contributed by atoms with E-state index in [0.29, 0.717) is 12.1 Å². The quantitative estimate of drug-likeness (QED) is 0.635. The predicted octanol–water partition coefficient (Wildman–Crippen LogP) is 4.97. The summed E-state index contributed by atoms with van der Waals surface area (Å²) in [5.74, 6) is 0.262. The minimum Gasteiger partial charge on any atom is -0.493 e. The number of carboxylic acids is 1. The molecule has 6 rings (SSSR count). The number of hydrazone groups is 1. The van der Waals surface area contributed by atoms with Crippen LogP contribution in [0.1, 0.15) is 60.0 Å². The van der Waals surface area contributed by atoms with E-state index in [1.807, 2.05) is 6.07 Å². The number of carbonyl (C=O) groups is 2. The van der Waals surface area contributed by atoms with Crippen LogP contribution in [-0.2, 0) is 11.2 Å². The van der Waals surface area contributed by atoms with Gasteiger partial charge in [-0.1, -0.05) is 12.2 Å². The van der Waals surface area contributed by atoms with Crippen LogP contribution in [0, 0.1) is 11.8 Å². The number of methoxy groups -OCH3 is 1. The molecule has 1 saturated carbocycles. The van der Waals surface area contributed by atoms with Crippen LogP contribution in [0.25, 0.3) is 0 Å². The maximum atomic E-state index is 13.5. The predicted molar refractivity (Wildman–Crippen MR) is 131 cm³/mol. The Hall–Kier alpha value is -3.61. The van der Waals surface area contributed by atoms with Crippen molar-refractivity contribution in [2.75, 3.05) is 12.1 Å². The molecule has 2 unspecified atom stereocenters. The first-order valence-electron chi connectivity index (χ1n) is 12.3. The van der Waals surface area contributed by atoms with Crippen molar-refractivity contribution in [3.63, 3.8) is 0 Å². The van der Waals surface area contributed by atoms with Gasteiger partial charge in [0.05, 0.1) is 30.0 Å². The monoisotopic (exact) mass is 472 g/mol. The molecular weight excluding hydrogens is 444 g/mol. The maximum Gasteiger partial charge on any atom is 0.335 e. The molecule has 2 aromatic rings. The lowest BCUT2D eigenvalue weighted by atomic mass is 9.75. The lowest BCUT2D eigenvalue weighted by molar-refractivity contribution is -0.123. The van der Waals surface area contributed by atoms with Crippen molar-refractivity contribution in [2.45, 2.75) is 50.5 Å². The van der Waals surface area contributed by atoms with Gasteiger partial charge in [0.25, 0.3) is 5.91 Å². The van der Waals surface area contributed by atoms with E-state index in [9.17, 15) is 14.7 Å². The van der Waals surface area contributed by atoms with Gasteiger partial charge in [0, 0.05) is 23.5 Å². The second-order valence-electron chi connectivity index (χ2n) is 9.94. The largest absolute Gasteiger partial charge is 0.493 e. The molecule has 7 nitrogen and oxygen atoms in total. The maximum absolute atomic E-state index is 13.5. The SMILES string of the molecule is COc1ccc(C2=NN(c3ccc(C(=O)O)cc3)C(=O)C3CC=CCC23)c2c1OC1(CCCC1)C2. The molecule has 35 heavy (non-hydrogen) atoms. The van der Waals surface area contributed by atoms with Gasteiger partial charge < -0.3 is 14.6 Å². The van der Waals surface area contributed by atoms with Crippen molar-refractivity contribution in [3.05, 3.63) is 65.2 Å². The number of benzene rings is 2. The smallest absolute Gasteiger partial charge is 0.335 e. The van der Waals surface area contributed by atoms with E-state index in [1.165, 1.54) is 17.1 Å². The topological polar surface area (TPSA) is 88.4 Å². The molecular formula is C28H28N2O5. The van der Waals surface area contributed by atoms with Crippen LogP contribution in [0.15, 0.2) is 53.7 Å². The van der Waals surface area contributed by atoms with E-state index >= 15 is 0 Å². The Morgan fingerprint density at radius 1 is 1.09 bits per heavy atom. The van der Waals surface area contributed by atoms with Gasteiger partial charge in [0.15, 0.2) is 11.5 Å². The summed E-state index contributed by atoms with van der Waals surface area (Å²) >= 11 is 0. The number of aromatic carboxylic acids is 1. The number of amides is 1. The lowest BCUT2D eigenvalue weighted by Gasteiger charge is -2.37. The van der Waals surface area contributed by atoms with Crippen LogP contribution in [0.3, 0.4) is 0 Å². The summed E-state index contributed by atoms with van der Waals surface area (Å²) in [7, 11) is 1.67. The second-order valence-corrected chi connectivity index (χ2v) is 9.94. The van der Waals surface area contributed by atoms with Crippen molar-refractivity contribution >= 4 is 23.3 Å². The molecule has 180 valence electrons. The Labute approximate surface area is 204 Å². The highest BCUT2D eigenvalue weighted by Gasteiger charge is 2.47. The third-order valence-corrected chi connectivity index (χ3v) is 7.93. The summed E-state index contributed by atoms with van der Waals surface area (Å²) in [5.41, 5.74) is 3.60. The molecule has 1 spiro atoms. The highest BCUT2D eigenvalue weighted by molar-refractivity contribution is 6.12. The van der Waals surface area contributed by atoms with Crippen LogP contribution in [0.2, 0.25) is 0 Å². The molecule has 7 heteroatoms. The first kappa shape index (κ1) is 21.9. The molecule has 0 saturated heterocycles. The van der Waals surface area contributed by atoms with Crippen molar-refractivity contribution in [2.24, 2.45) is 16.9 Å². The van der Waals surface area contributed by atoms with Crippen LogP contribution < -0.4 is 14.5 Å². The summed E-state index contributed by atoms with van der Waals surface area (Å²) in [6.45, 7) is 0. The number of rotatable bonds is 4. The Kier molecular flexibility index (Phi) is 5.16. The summed E-state index contributed by atoms with van der Waals surface area (Å²) in [5, 5.41) is 15.7. The third kappa shape index (κ3) is 3.52. The van der Waals surface area contributed by atoms with E-state index in [0.717, 1.165) is 66.9 Å². The summed E-state index contributed by atoms with van der Waals surface area (Å²) in [4.78, 5) is 24.8. The minimum absolute atomic E-state index is 0.0142. The van der Waals surface area contributed by atoms with Crippen molar-refractivity contribution in [1.82, 2.24) is 0 Å². The lowest BCUT2D eigenvalue weighted by Crippen LogP contribution is -2.45. The molecule has 2 aliphatic carbocycles. The van der Waals surface area contributed by atoms with Crippen LogP contribution in [0.4, 0.5) is 5.69 Å². The molecule has 0 aromatic heterocycles. The fourth-order valence-electron chi connectivity index (χ4n) is 6.13. The molecule has 1 N–H and O–H groups in total. The number of hydrogen-bond donors (Lipinski definition) is 1. The van der Waals surface area contributed by atoms with Gasteiger partial charge in [-0.25, -0.2) is 9.80 Å². The van der Waals surface area contributed by atoms with Gasteiger partial charge in [-0.15, -0.1) is 0 Å². The minimum atomic E-state index is -1.00. The number of carbonyl (C=O) groups excluding carboxylic acids is 1. The third-order valence-electron chi connectivity index (χ3n) is 7.93. The van der Waals surface area contributed by atoms with Gasteiger partial charge in [-0.05, 0) is 74.9 Å². The fourth-order valence-corrected chi connectivity index (χ4v) is 6.13. The molecule has 2 aromatic carbocycles. The zero-order valence-electron chi connectivity index (χ0n) is 19.7. The first-order chi connectivity index (χ1) is 17.0. The zero-order valence-corrected chi connectivity index (χ0v) is 19.7. The van der Waals surface area contributed by atoms with E-state index in [1.54, 1.807) is 19.2 Å². The second kappa shape index (κ2) is 8.26. The molecule has 2 heterocycles. The molecule has 4 aliphatic rings. The Bertz CT molecular complexity index is 1260. The zero-order chi connectivity index (χ0) is 24.2. The molecule has 0 radical (unpaired) electrons. The molecule has 0 bridgehead atoms. The number of hydrogen-bond acceptors (Lipinski definition) is 5. The normalized spacial score (nSPS) is 24.1. The molecule has 1 amide bonds. The van der Waals surface area contributed by atoms with Crippen LogP contribution in [0.5, 0.6) is 11.5 Å². The van der Waals surface area contributed by atoms with Gasteiger partial charge in [-0.3, -0.25) is 4.79 Å². The van der Waals surface area contributed by atoms with Crippen molar-refractivity contribution < 1.29 is 24.2 Å². The number of nitrogens with zero attached hydrogens (tertiary/aromatic N) is 2. The summed E-state index contributed by atoms with van der Waals surface area (Å²) < 4.78 is 12.2. The Morgan fingerprint density at radius 3 is 2.49 bits per heavy atom. The number of allylic oxidation sites excluding steroid dienone is 2. The molecule has 2 atom stereocenters. The average molecular weight is 473 g/mol. The standard InChI is InChI=1S/C28H28N2O5/c1-34-23-13-12-20(22-16-28(35-25(22)23)14-4-5-15-28)24-19-6-2-3-7-21(19)26(31)30(29-24)18-10-8-17(9-11-18)27(32)33/h2-3,8-13,19,21H,4-7,14-16H2,1H3,(H,32,33). The Morgan fingerprint density at radius 2 is 1.80 bits per heavy atom. The van der Waals surface area contributed by atoms with Gasteiger partial charge in [0.2, 0.25) is 0 Å². The van der Waals surface area contributed by atoms with Gasteiger partial charge in [0.1, 0.15) is 5.60 Å². The molecule has 2 aliphatic heterocycles. The Balaban J connectivity index is 1.47. The van der Waals surface area contributed by atoms with Crippen LogP contribution >= 0.6 is 0 Å². The van der Waals surface area contributed by atoms with E-state index in [4.69, 9.17) is 14.6 Å². The van der Waals surface area contributed by atoms with E-state index in [2.05, 4.69) is 18.2 Å². The van der Waals surface area contributed by atoms with Crippen molar-refractivity contribution in [1.29, 1.82) is 0 Å². The number of ether oxygens (including phenoxy) is 2. The van der Waals surface area contributed by atoms with Gasteiger partial charge in [-0.2, -0.15) is 5.10 Å². The summed E-state index contributed by atoms with van der Waals surface area (Å²) in [6.07, 6.45) is 10.8. The number of carboxylic acid groups (broad SMARTS) is 1. The fraction of sp³-hybridized carbons (Fsp3) is 0.393. The van der Waals surface area contributed by atoms with Crippen molar-refractivity contribution in [3.8, 4) is 11.5 Å². The molecule has 1 fully saturated rings.